The average Bonchev–Trinajstić information content (AvgIpc) is 3.61. The molecule has 66 heavy (non-hydrogen) atoms. The molecule has 6 heterocycles. The van der Waals surface area contributed by atoms with Crippen LogP contribution in [0.5, 0.6) is 0 Å². The van der Waals surface area contributed by atoms with E-state index in [1.807, 2.05) is 32.1 Å². The number of rotatable bonds is 9. The van der Waals surface area contributed by atoms with Gasteiger partial charge in [-0.1, -0.05) is 70.6 Å². The Labute approximate surface area is 390 Å². The maximum absolute atomic E-state index is 14.4. The van der Waals surface area contributed by atoms with Crippen LogP contribution >= 0.6 is 0 Å². The second-order valence-electron chi connectivity index (χ2n) is 20.0. The lowest BCUT2D eigenvalue weighted by atomic mass is 9.71. The Morgan fingerprint density at radius 2 is 1.73 bits per heavy atom. The predicted molar refractivity (Wildman–Crippen MR) is 242 cm³/mol. The highest BCUT2D eigenvalue weighted by Crippen LogP contribution is 2.47. The van der Waals surface area contributed by atoms with Crippen LogP contribution in [0.1, 0.15) is 101 Å². The molecule has 0 saturated carbocycles. The van der Waals surface area contributed by atoms with E-state index in [9.17, 15) is 19.8 Å². The molecule has 1 spiro atoms. The monoisotopic (exact) mass is 929 g/mol. The van der Waals surface area contributed by atoms with Gasteiger partial charge in [-0.15, -0.1) is 0 Å². The summed E-state index contributed by atoms with van der Waals surface area (Å²) >= 11 is 0. The van der Waals surface area contributed by atoms with Crippen molar-refractivity contribution in [3.05, 3.63) is 59.3 Å². The van der Waals surface area contributed by atoms with E-state index in [-0.39, 0.29) is 49.2 Å². The van der Waals surface area contributed by atoms with Crippen molar-refractivity contribution in [2.24, 2.45) is 29.4 Å². The summed E-state index contributed by atoms with van der Waals surface area (Å²) in [5, 5.41) is 26.6. The zero-order chi connectivity index (χ0) is 47.9. The van der Waals surface area contributed by atoms with Crippen LogP contribution in [0.2, 0.25) is 0 Å². The van der Waals surface area contributed by atoms with Crippen LogP contribution in [-0.2, 0) is 57.0 Å². The minimum Gasteiger partial charge on any atom is -0.462 e. The molecule has 0 aromatic carbocycles. The summed E-state index contributed by atoms with van der Waals surface area (Å²) in [6.45, 7) is 17.4. The number of hydrogen-bond donors (Lipinski definition) is 4. The van der Waals surface area contributed by atoms with Crippen LogP contribution in [0.3, 0.4) is 0 Å². The first kappa shape index (κ1) is 51.0. The van der Waals surface area contributed by atoms with Gasteiger partial charge in [0, 0.05) is 58.7 Å². The molecule has 1 amide bonds. The van der Waals surface area contributed by atoms with Gasteiger partial charge in [0.05, 0.1) is 43.2 Å². The molecule has 4 saturated heterocycles. The van der Waals surface area contributed by atoms with Crippen molar-refractivity contribution in [3.8, 4) is 0 Å². The number of nitrogens with one attached hydrogen (secondary N) is 1. The number of methoxy groups -OCH3 is 2. The number of hydrogen-bond acceptors (Lipinski definition) is 15. The van der Waals surface area contributed by atoms with E-state index in [0.29, 0.717) is 30.4 Å². The number of ether oxygens (including phenoxy) is 10. The van der Waals surface area contributed by atoms with Gasteiger partial charge in [-0.2, -0.15) is 0 Å². The number of esters is 1. The summed E-state index contributed by atoms with van der Waals surface area (Å²) in [4.78, 5) is 26.4. The van der Waals surface area contributed by atoms with Crippen molar-refractivity contribution < 1.29 is 67.2 Å². The summed E-state index contributed by atoms with van der Waals surface area (Å²) in [6, 6.07) is 0. The van der Waals surface area contributed by atoms with E-state index in [0.717, 1.165) is 12.0 Å². The van der Waals surface area contributed by atoms with E-state index in [4.69, 9.17) is 53.1 Å². The lowest BCUT2D eigenvalue weighted by molar-refractivity contribution is -0.317. The number of aliphatic hydroxyl groups excluding tert-OH is 1. The van der Waals surface area contributed by atoms with Gasteiger partial charge in [0.1, 0.15) is 47.7 Å². The summed E-state index contributed by atoms with van der Waals surface area (Å²) in [6.07, 6.45) is 8.34. The minimum atomic E-state index is -1.85. The molecule has 0 aromatic rings. The first-order valence-electron chi connectivity index (χ1n) is 24.0. The Morgan fingerprint density at radius 1 is 0.985 bits per heavy atom. The first-order valence-corrected chi connectivity index (χ1v) is 24.0. The van der Waals surface area contributed by atoms with Crippen LogP contribution in [0.15, 0.2) is 59.3 Å². The molecule has 2 bridgehead atoms. The molecule has 1 aliphatic carbocycles. The maximum atomic E-state index is 14.4. The summed E-state index contributed by atoms with van der Waals surface area (Å²) in [5.74, 6) is -2.94. The highest BCUT2D eigenvalue weighted by Gasteiger charge is 2.60. The lowest BCUT2D eigenvalue weighted by Crippen LogP contribution is -2.73. The van der Waals surface area contributed by atoms with Crippen LogP contribution in [-0.4, -0.2) is 140 Å². The number of carbonyl (C=O) groups excluding carboxylic acids is 2. The molecule has 5 N–H and O–H groups in total. The van der Waals surface area contributed by atoms with E-state index in [1.165, 1.54) is 6.92 Å². The fourth-order valence-electron chi connectivity index (χ4n) is 11.1. The molecule has 16 heteroatoms. The Balaban J connectivity index is 1.16. The molecule has 5 unspecified atom stereocenters. The van der Waals surface area contributed by atoms with E-state index < -0.39 is 103 Å². The molecular formula is C50H76N2O14. The standard InChI is InChI=1S/C50H76N2O14/c1-12-26(2)44-29(5)18-19-48(66-44)24-36-21-35(65-48)17-16-28(4)43(27(3)14-13-15-34-25-59-46-42(54)30(6)20-37(47(55)62-36)49(34,46)56)63-40-22-38(57-10)45(31(7)60-40)64-41-23-39(58-11)50(51,32(8)61-41)52-33(9)53/h13-16,18-20,26-27,29,31-32,35-46,54,56H,12,17,21-25,51H2,1-11H3,(H,52,53)/b14-13+,28-16+,34-15+/t26?,27?,29-,31-,32-,35+,36-,37-,38-,39-,40?,41?,42+,43-,44+,45-,46?,48+,49+,50+/m0/s1. The van der Waals surface area contributed by atoms with Crippen LogP contribution in [0.25, 0.3) is 0 Å². The van der Waals surface area contributed by atoms with Gasteiger partial charge >= 0.3 is 5.97 Å². The molecule has 7 aliphatic rings. The smallest absolute Gasteiger partial charge is 0.316 e. The fraction of sp³-hybridized carbons (Fsp3) is 0.760. The average molecular weight is 929 g/mol. The topological polar surface area (TPSA) is 205 Å². The van der Waals surface area contributed by atoms with Gasteiger partial charge in [-0.25, -0.2) is 0 Å². The zero-order valence-electron chi connectivity index (χ0n) is 40.7. The second-order valence-corrected chi connectivity index (χ2v) is 20.0. The number of fused-ring (bicyclic) bond motifs is 2. The van der Waals surface area contributed by atoms with Crippen molar-refractivity contribution >= 4 is 11.9 Å². The van der Waals surface area contributed by atoms with Gasteiger partial charge in [0.2, 0.25) is 5.91 Å². The third kappa shape index (κ3) is 10.2. The number of nitrogens with two attached hydrogens (primary N) is 1. The van der Waals surface area contributed by atoms with Crippen LogP contribution in [0, 0.1) is 23.7 Å². The highest BCUT2D eigenvalue weighted by molar-refractivity contribution is 5.78. The summed E-state index contributed by atoms with van der Waals surface area (Å²) in [7, 11) is 3.18. The third-order valence-corrected chi connectivity index (χ3v) is 15.2. The van der Waals surface area contributed by atoms with Gasteiger partial charge in [0.25, 0.3) is 0 Å². The predicted octanol–water partition coefficient (Wildman–Crippen LogP) is 4.81. The van der Waals surface area contributed by atoms with Crippen LogP contribution < -0.4 is 11.1 Å². The molecule has 16 nitrogen and oxygen atoms in total. The van der Waals surface area contributed by atoms with Crippen molar-refractivity contribution in [3.63, 3.8) is 0 Å². The second kappa shape index (κ2) is 20.6. The van der Waals surface area contributed by atoms with Crippen molar-refractivity contribution in [2.45, 2.75) is 198 Å². The van der Waals surface area contributed by atoms with Crippen LogP contribution in [0.4, 0.5) is 0 Å². The van der Waals surface area contributed by atoms with E-state index >= 15 is 0 Å². The maximum Gasteiger partial charge on any atom is 0.316 e. The largest absolute Gasteiger partial charge is 0.462 e. The van der Waals surface area contributed by atoms with Crippen molar-refractivity contribution in [1.29, 1.82) is 0 Å². The Hall–Kier alpha value is -2.84. The minimum absolute atomic E-state index is 0.0196. The van der Waals surface area contributed by atoms with Crippen molar-refractivity contribution in [1.82, 2.24) is 5.32 Å². The normalized spacial score (nSPS) is 47.9. The highest BCUT2D eigenvalue weighted by atomic mass is 16.7. The summed E-state index contributed by atoms with van der Waals surface area (Å²) in [5.41, 5.74) is 5.45. The number of amides is 1. The number of allylic oxidation sites excluding steroid dienone is 2. The third-order valence-electron chi connectivity index (χ3n) is 15.2. The Bertz CT molecular complexity index is 1900. The van der Waals surface area contributed by atoms with Gasteiger partial charge in [-0.05, 0) is 62.8 Å². The quantitative estimate of drug-likeness (QED) is 0.139. The molecule has 20 atom stereocenters. The van der Waals surface area contributed by atoms with Gasteiger partial charge in [0.15, 0.2) is 18.4 Å². The van der Waals surface area contributed by atoms with Gasteiger partial charge < -0.3 is 68.6 Å². The Morgan fingerprint density at radius 3 is 2.42 bits per heavy atom. The number of carbonyl (C=O) groups is 2. The fourth-order valence-corrected chi connectivity index (χ4v) is 11.1. The zero-order valence-corrected chi connectivity index (χ0v) is 40.7. The molecule has 0 aromatic heterocycles. The van der Waals surface area contributed by atoms with Crippen molar-refractivity contribution in [2.75, 3.05) is 20.8 Å². The summed E-state index contributed by atoms with van der Waals surface area (Å²) < 4.78 is 64.3. The SMILES string of the molecule is CCC(C)[C@H]1O[C@]2(C=C[C@@H]1C)C[C@@H]1C[C@@H](C/C=C(\C)[C@@H](OC3C[C@H](OC)[C@@H](OC4C[C@H](OC)[C@](N)(NC(C)=O)[C@H](C)O4)[C@H](C)O3)C(C)/C=C/C=C3\COC4[C@H](O)C(C)=C[C@@H](C(=O)O1)[C@]34O)O2. The molecule has 6 aliphatic heterocycles. The van der Waals surface area contributed by atoms with E-state index in [1.54, 1.807) is 40.2 Å². The molecule has 370 valence electrons. The molecule has 7 rings (SSSR count). The van der Waals surface area contributed by atoms with Gasteiger partial charge in [-0.3, -0.25) is 9.59 Å². The van der Waals surface area contributed by atoms with E-state index in [2.05, 4.69) is 45.2 Å². The Kier molecular flexibility index (Phi) is 15.9. The number of aliphatic hydroxyl groups is 2. The molecule has 0 radical (unpaired) electrons. The lowest BCUT2D eigenvalue weighted by Gasteiger charge is -2.49. The first-order chi connectivity index (χ1) is 31.2. The molecule has 4 fully saturated rings. The molecular weight excluding hydrogens is 853 g/mol.